The van der Waals surface area contributed by atoms with Gasteiger partial charge in [0.2, 0.25) is 0 Å². The van der Waals surface area contributed by atoms with Crippen LogP contribution in [0.15, 0.2) is 206 Å². The van der Waals surface area contributed by atoms with Gasteiger partial charge in [-0.2, -0.15) is 0 Å². The number of ether oxygens (including phenoxy) is 1. The van der Waals surface area contributed by atoms with Gasteiger partial charge in [0.15, 0.2) is 0 Å². The third-order valence-corrected chi connectivity index (χ3v) is 12.7. The molecule has 0 saturated heterocycles. The Morgan fingerprint density at radius 3 is 1.64 bits per heavy atom. The molecular formula is C55H34N2O. The van der Waals surface area contributed by atoms with Gasteiger partial charge in [-0.3, -0.25) is 0 Å². The van der Waals surface area contributed by atoms with Crippen molar-refractivity contribution >= 4 is 43.6 Å². The number of nitrogens with zero attached hydrogens (tertiary/aromatic N) is 2. The van der Waals surface area contributed by atoms with Gasteiger partial charge in [-0.15, -0.1) is 0 Å². The topological polar surface area (TPSA) is 19.1 Å². The minimum Gasteiger partial charge on any atom is -0.457 e. The molecule has 11 aromatic rings. The summed E-state index contributed by atoms with van der Waals surface area (Å²) in [6.45, 7) is 0. The van der Waals surface area contributed by atoms with Crippen LogP contribution in [0.4, 0.5) is 0 Å². The summed E-state index contributed by atoms with van der Waals surface area (Å²) in [4.78, 5) is 0. The molecule has 3 nitrogen and oxygen atoms in total. The van der Waals surface area contributed by atoms with Crippen molar-refractivity contribution < 1.29 is 4.74 Å². The van der Waals surface area contributed by atoms with Gasteiger partial charge < -0.3 is 13.9 Å². The van der Waals surface area contributed by atoms with E-state index in [1.165, 1.54) is 71.6 Å². The normalized spacial score (nSPS) is 15.1. The lowest BCUT2D eigenvalue weighted by Gasteiger charge is -2.45. The third-order valence-electron chi connectivity index (χ3n) is 12.7. The lowest BCUT2D eigenvalue weighted by molar-refractivity contribution is 0.435. The van der Waals surface area contributed by atoms with Crippen molar-refractivity contribution in [2.75, 3.05) is 0 Å². The Hall–Kier alpha value is -7.62. The average Bonchev–Trinajstić information content (AvgIpc) is 3.81. The first-order valence-electron chi connectivity index (χ1n) is 20.0. The lowest BCUT2D eigenvalue weighted by atomic mass is 9.61. The summed E-state index contributed by atoms with van der Waals surface area (Å²) >= 11 is 0. The van der Waals surface area contributed by atoms with E-state index in [4.69, 9.17) is 4.74 Å². The zero-order valence-corrected chi connectivity index (χ0v) is 31.4. The molecule has 1 spiro atoms. The van der Waals surface area contributed by atoms with E-state index in [-0.39, 0.29) is 0 Å². The lowest BCUT2D eigenvalue weighted by Crippen LogP contribution is -2.37. The summed E-state index contributed by atoms with van der Waals surface area (Å²) < 4.78 is 12.1. The van der Waals surface area contributed by atoms with Crippen LogP contribution in [0.3, 0.4) is 0 Å². The van der Waals surface area contributed by atoms with Crippen LogP contribution in [-0.2, 0) is 5.41 Å². The molecule has 0 fully saturated rings. The van der Waals surface area contributed by atoms with Gasteiger partial charge in [-0.25, -0.2) is 0 Å². The van der Waals surface area contributed by atoms with Crippen LogP contribution in [0, 0.1) is 0 Å². The van der Waals surface area contributed by atoms with Crippen LogP contribution in [0.5, 0.6) is 11.5 Å². The standard InChI is InChI=1S/C55H34N2O/c1-3-16-35(17-4-1)37-30-38(36-18-5-2-6-19-36)32-39(31-37)56-48-26-11-8-21-41(48)43-33-47-53(34-51(43)56)58-52-29-14-10-24-45(52)55(47)44-23-9-13-28-50(44)57-49-27-12-7-20-40(49)42-22-15-25-46(55)54(42)57/h1-34H. The van der Waals surface area contributed by atoms with Gasteiger partial charge in [-0.05, 0) is 81.9 Å². The zero-order chi connectivity index (χ0) is 38.0. The Bertz CT molecular complexity index is 3430. The van der Waals surface area contributed by atoms with E-state index < -0.39 is 5.41 Å². The monoisotopic (exact) mass is 738 g/mol. The molecule has 270 valence electrons. The summed E-state index contributed by atoms with van der Waals surface area (Å²) in [5.41, 5.74) is 15.9. The SMILES string of the molecule is c1ccc(-c2cc(-c3ccccc3)cc(-n3c4ccccc4c4cc5c(cc43)Oc3ccccc3C53c4ccccc4-n4c5ccccc5c5cccc3c54)c2)cc1. The quantitative estimate of drug-likeness (QED) is 0.177. The van der Waals surface area contributed by atoms with Gasteiger partial charge in [0.25, 0.3) is 0 Å². The molecular weight excluding hydrogens is 705 g/mol. The van der Waals surface area contributed by atoms with Crippen molar-refractivity contribution in [2.24, 2.45) is 0 Å². The van der Waals surface area contributed by atoms with Gasteiger partial charge >= 0.3 is 0 Å². The largest absolute Gasteiger partial charge is 0.457 e. The van der Waals surface area contributed by atoms with E-state index in [0.29, 0.717) is 0 Å². The second kappa shape index (κ2) is 11.7. The molecule has 3 heteroatoms. The Kier molecular flexibility index (Phi) is 6.37. The molecule has 0 N–H and O–H groups in total. The van der Waals surface area contributed by atoms with Crippen molar-refractivity contribution in [3.63, 3.8) is 0 Å². The summed E-state index contributed by atoms with van der Waals surface area (Å²) in [6, 6.07) is 75.4. The maximum atomic E-state index is 7.12. The molecule has 1 atom stereocenters. The van der Waals surface area contributed by atoms with Crippen LogP contribution in [0.25, 0.3) is 77.2 Å². The maximum absolute atomic E-state index is 7.12. The first-order valence-corrected chi connectivity index (χ1v) is 20.0. The number of para-hydroxylation sites is 5. The molecule has 2 aliphatic rings. The predicted molar refractivity (Wildman–Crippen MR) is 238 cm³/mol. The number of rotatable bonds is 3. The second-order valence-corrected chi connectivity index (χ2v) is 15.6. The van der Waals surface area contributed by atoms with Crippen LogP contribution in [-0.4, -0.2) is 9.13 Å². The van der Waals surface area contributed by atoms with Crippen LogP contribution < -0.4 is 4.74 Å². The second-order valence-electron chi connectivity index (χ2n) is 15.6. The highest BCUT2D eigenvalue weighted by atomic mass is 16.5. The van der Waals surface area contributed by atoms with Crippen molar-refractivity contribution in [1.82, 2.24) is 9.13 Å². The summed E-state index contributed by atoms with van der Waals surface area (Å²) in [5.74, 6) is 1.75. The van der Waals surface area contributed by atoms with E-state index in [2.05, 4.69) is 215 Å². The predicted octanol–water partition coefficient (Wildman–Crippen LogP) is 14.0. The van der Waals surface area contributed by atoms with Crippen molar-refractivity contribution in [2.45, 2.75) is 5.41 Å². The summed E-state index contributed by atoms with van der Waals surface area (Å²) in [7, 11) is 0. The molecule has 4 heterocycles. The molecule has 0 saturated carbocycles. The summed E-state index contributed by atoms with van der Waals surface area (Å²) in [6.07, 6.45) is 0. The Morgan fingerprint density at radius 1 is 0.328 bits per heavy atom. The number of hydrogen-bond acceptors (Lipinski definition) is 1. The highest BCUT2D eigenvalue weighted by Crippen LogP contribution is 2.61. The molecule has 0 radical (unpaired) electrons. The van der Waals surface area contributed by atoms with Crippen molar-refractivity contribution in [3.8, 4) is 45.1 Å². The first kappa shape index (κ1) is 31.6. The fourth-order valence-electron chi connectivity index (χ4n) is 10.4. The average molecular weight is 739 g/mol. The highest BCUT2D eigenvalue weighted by Gasteiger charge is 2.50. The smallest absolute Gasteiger partial charge is 0.134 e. The first-order chi connectivity index (χ1) is 28.8. The molecule has 2 aromatic heterocycles. The Morgan fingerprint density at radius 2 is 0.897 bits per heavy atom. The van der Waals surface area contributed by atoms with Crippen molar-refractivity contribution in [1.29, 1.82) is 0 Å². The van der Waals surface area contributed by atoms with E-state index in [1.807, 2.05) is 0 Å². The van der Waals surface area contributed by atoms with Gasteiger partial charge in [-0.1, -0.05) is 152 Å². The summed E-state index contributed by atoms with van der Waals surface area (Å²) in [5, 5.41) is 4.92. The Labute approximate surface area is 335 Å². The fraction of sp³-hybridized carbons (Fsp3) is 0.0182. The van der Waals surface area contributed by atoms with Crippen LogP contribution in [0.2, 0.25) is 0 Å². The van der Waals surface area contributed by atoms with Crippen LogP contribution in [0.1, 0.15) is 22.3 Å². The number of benzene rings is 9. The van der Waals surface area contributed by atoms with E-state index in [9.17, 15) is 0 Å². The maximum Gasteiger partial charge on any atom is 0.134 e. The molecule has 0 aliphatic carbocycles. The fourth-order valence-corrected chi connectivity index (χ4v) is 10.4. The minimum atomic E-state index is -0.643. The molecule has 0 amide bonds. The molecule has 13 rings (SSSR count). The molecule has 2 aliphatic heterocycles. The van der Waals surface area contributed by atoms with Gasteiger partial charge in [0, 0.05) is 44.4 Å². The minimum absolute atomic E-state index is 0.643. The molecule has 58 heavy (non-hydrogen) atoms. The number of fused-ring (bicyclic) bond motifs is 14. The zero-order valence-electron chi connectivity index (χ0n) is 31.4. The number of aromatic nitrogens is 2. The van der Waals surface area contributed by atoms with E-state index >= 15 is 0 Å². The van der Waals surface area contributed by atoms with E-state index in [0.717, 1.165) is 39.3 Å². The van der Waals surface area contributed by atoms with E-state index in [1.54, 1.807) is 0 Å². The van der Waals surface area contributed by atoms with Crippen LogP contribution >= 0.6 is 0 Å². The number of hydrogen-bond donors (Lipinski definition) is 0. The third kappa shape index (κ3) is 4.12. The van der Waals surface area contributed by atoms with Gasteiger partial charge in [0.1, 0.15) is 11.5 Å². The highest BCUT2D eigenvalue weighted by molar-refractivity contribution is 6.14. The molecule has 9 aromatic carbocycles. The van der Waals surface area contributed by atoms with Crippen molar-refractivity contribution in [3.05, 3.63) is 229 Å². The van der Waals surface area contributed by atoms with Gasteiger partial charge in [0.05, 0.1) is 33.2 Å². The molecule has 1 unspecified atom stereocenters. The molecule has 0 bridgehead atoms. The Balaban J connectivity index is 1.16.